The number of hydrogen-bond acceptors (Lipinski definition) is 2. The smallest absolute Gasteiger partial charge is 0.149 e. The van der Waals surface area contributed by atoms with E-state index in [9.17, 15) is 8.78 Å². The molecule has 0 aliphatic heterocycles. The Balaban J connectivity index is 2.36. The molecule has 0 bridgehead atoms. The molecule has 0 saturated heterocycles. The van der Waals surface area contributed by atoms with E-state index in [4.69, 9.17) is 5.11 Å². The van der Waals surface area contributed by atoms with Gasteiger partial charge in [-0.15, -0.1) is 0 Å². The molecular formula is C12H10F2N2O. The third kappa shape index (κ3) is 2.57. The van der Waals surface area contributed by atoms with E-state index < -0.39 is 18.3 Å². The zero-order chi connectivity index (χ0) is 12.3. The second-order valence-corrected chi connectivity index (χ2v) is 3.41. The lowest BCUT2D eigenvalue weighted by Gasteiger charge is -2.04. The zero-order valence-corrected chi connectivity index (χ0v) is 8.85. The van der Waals surface area contributed by atoms with Crippen LogP contribution in [-0.4, -0.2) is 21.5 Å². The van der Waals surface area contributed by atoms with Crippen LogP contribution in [0, 0.1) is 5.82 Å². The average Bonchev–Trinajstić information content (AvgIpc) is 2.82. The van der Waals surface area contributed by atoms with E-state index in [0.29, 0.717) is 5.56 Å². The van der Waals surface area contributed by atoms with Crippen LogP contribution in [0.4, 0.5) is 8.78 Å². The number of halogens is 2. The number of nitrogens with zero attached hydrogens (tertiary/aromatic N) is 2. The Hall–Kier alpha value is -2.01. The molecule has 0 spiro atoms. The molecule has 1 N–H and O–H groups in total. The van der Waals surface area contributed by atoms with Gasteiger partial charge in [-0.25, -0.2) is 13.5 Å². The van der Waals surface area contributed by atoms with Gasteiger partial charge in [-0.2, -0.15) is 5.10 Å². The van der Waals surface area contributed by atoms with Gasteiger partial charge in [-0.3, -0.25) is 0 Å². The first-order valence-electron chi connectivity index (χ1n) is 4.97. The van der Waals surface area contributed by atoms with Crippen LogP contribution in [0.3, 0.4) is 0 Å². The van der Waals surface area contributed by atoms with E-state index in [0.717, 1.165) is 6.08 Å². The van der Waals surface area contributed by atoms with Gasteiger partial charge in [-0.05, 0) is 29.8 Å². The largest absolute Gasteiger partial charge is 0.389 e. The molecule has 0 radical (unpaired) electrons. The number of rotatable bonds is 3. The fraction of sp³-hybridized carbons (Fsp3) is 0.0833. The first-order chi connectivity index (χ1) is 8.20. The van der Waals surface area contributed by atoms with E-state index in [1.54, 1.807) is 24.5 Å². The number of aliphatic hydroxyl groups is 1. The van der Waals surface area contributed by atoms with Gasteiger partial charge >= 0.3 is 0 Å². The zero-order valence-electron chi connectivity index (χ0n) is 8.85. The molecule has 3 nitrogen and oxygen atoms in total. The van der Waals surface area contributed by atoms with Crippen molar-refractivity contribution in [3.05, 3.63) is 53.9 Å². The van der Waals surface area contributed by atoms with Gasteiger partial charge in [0.2, 0.25) is 0 Å². The van der Waals surface area contributed by atoms with E-state index in [2.05, 4.69) is 5.10 Å². The predicted octanol–water partition coefficient (Wildman–Crippen LogP) is 2.31. The van der Waals surface area contributed by atoms with Crippen molar-refractivity contribution in [3.8, 4) is 5.69 Å². The molecule has 0 aliphatic carbocycles. The molecule has 5 heteroatoms. The highest BCUT2D eigenvalue weighted by Gasteiger charge is 2.05. The molecule has 1 heterocycles. The molecule has 0 aliphatic rings. The van der Waals surface area contributed by atoms with Crippen molar-refractivity contribution in [2.45, 2.75) is 0 Å². The van der Waals surface area contributed by atoms with Crippen LogP contribution in [0.5, 0.6) is 0 Å². The predicted molar refractivity (Wildman–Crippen MR) is 59.7 cm³/mol. The highest BCUT2D eigenvalue weighted by Crippen LogP contribution is 2.16. The number of aliphatic hydroxyl groups excluding tert-OH is 1. The molecule has 0 amide bonds. The molecule has 0 saturated carbocycles. The van der Waals surface area contributed by atoms with Crippen molar-refractivity contribution in [3.63, 3.8) is 0 Å². The van der Waals surface area contributed by atoms with Crippen LogP contribution in [0.15, 0.2) is 42.5 Å². The van der Waals surface area contributed by atoms with Crippen LogP contribution in [-0.2, 0) is 0 Å². The van der Waals surface area contributed by atoms with Crippen molar-refractivity contribution >= 4 is 6.08 Å². The number of hydrogen-bond donors (Lipinski definition) is 1. The molecule has 0 unspecified atom stereocenters. The monoisotopic (exact) mass is 236 g/mol. The Kier molecular flexibility index (Phi) is 3.30. The Morgan fingerprint density at radius 2 is 2.29 bits per heavy atom. The summed E-state index contributed by atoms with van der Waals surface area (Å²) < 4.78 is 27.9. The summed E-state index contributed by atoms with van der Waals surface area (Å²) in [5.41, 5.74) is 0.640. The van der Waals surface area contributed by atoms with Crippen LogP contribution >= 0.6 is 0 Å². The summed E-state index contributed by atoms with van der Waals surface area (Å²) in [5.74, 6) is -1.22. The maximum absolute atomic E-state index is 13.7. The second-order valence-electron chi connectivity index (χ2n) is 3.41. The van der Waals surface area contributed by atoms with Crippen LogP contribution in [0.25, 0.3) is 11.8 Å². The molecule has 0 atom stereocenters. The molecule has 1 aromatic heterocycles. The minimum absolute atomic E-state index is 0.288. The fourth-order valence-corrected chi connectivity index (χ4v) is 1.44. The van der Waals surface area contributed by atoms with Crippen LogP contribution in [0.1, 0.15) is 5.56 Å². The topological polar surface area (TPSA) is 38.0 Å². The van der Waals surface area contributed by atoms with Gasteiger partial charge in [0, 0.05) is 12.4 Å². The lowest BCUT2D eigenvalue weighted by Crippen LogP contribution is -1.98. The molecule has 2 aromatic rings. The lowest BCUT2D eigenvalue weighted by atomic mass is 10.2. The quantitative estimate of drug-likeness (QED) is 0.888. The summed E-state index contributed by atoms with van der Waals surface area (Å²) in [6.07, 6.45) is 4.23. The maximum Gasteiger partial charge on any atom is 0.149 e. The van der Waals surface area contributed by atoms with Crippen molar-refractivity contribution in [2.24, 2.45) is 0 Å². The van der Waals surface area contributed by atoms with Crippen molar-refractivity contribution in [1.29, 1.82) is 0 Å². The molecular weight excluding hydrogens is 226 g/mol. The number of aromatic nitrogens is 2. The summed E-state index contributed by atoms with van der Waals surface area (Å²) in [6.45, 7) is -0.692. The minimum Gasteiger partial charge on any atom is -0.389 e. The van der Waals surface area contributed by atoms with Gasteiger partial charge in [0.25, 0.3) is 0 Å². The standard InChI is InChI=1S/C12H10F2N2O/c13-10(8-17)6-9-2-3-12(11(14)7-9)16-5-1-4-15-16/h1-7,17H,8H2. The van der Waals surface area contributed by atoms with Gasteiger partial charge in [0.05, 0.1) is 6.61 Å². The summed E-state index contributed by atoms with van der Waals surface area (Å²) in [6, 6.07) is 5.92. The maximum atomic E-state index is 13.7. The van der Waals surface area contributed by atoms with E-state index >= 15 is 0 Å². The van der Waals surface area contributed by atoms with Gasteiger partial charge in [-0.1, -0.05) is 6.07 Å². The average molecular weight is 236 g/mol. The summed E-state index contributed by atoms with van der Waals surface area (Å²) in [4.78, 5) is 0. The van der Waals surface area contributed by atoms with Crippen LogP contribution in [0.2, 0.25) is 0 Å². The lowest BCUT2D eigenvalue weighted by molar-refractivity contribution is 0.300. The molecule has 17 heavy (non-hydrogen) atoms. The van der Waals surface area contributed by atoms with Crippen LogP contribution < -0.4 is 0 Å². The molecule has 88 valence electrons. The Labute approximate surface area is 96.6 Å². The molecule has 1 aromatic carbocycles. The van der Waals surface area contributed by atoms with Crippen molar-refractivity contribution < 1.29 is 13.9 Å². The Bertz CT molecular complexity index is 535. The highest BCUT2D eigenvalue weighted by molar-refractivity contribution is 5.53. The first kappa shape index (κ1) is 11.5. The second kappa shape index (κ2) is 4.88. The summed E-state index contributed by atoms with van der Waals surface area (Å²) in [5, 5.41) is 12.4. The van der Waals surface area contributed by atoms with E-state index in [-0.39, 0.29) is 5.69 Å². The third-order valence-electron chi connectivity index (χ3n) is 2.20. The number of benzene rings is 1. The third-order valence-corrected chi connectivity index (χ3v) is 2.20. The first-order valence-corrected chi connectivity index (χ1v) is 4.97. The fourth-order valence-electron chi connectivity index (χ4n) is 1.44. The van der Waals surface area contributed by atoms with Gasteiger partial charge in [0.1, 0.15) is 17.3 Å². The minimum atomic E-state index is -0.712. The van der Waals surface area contributed by atoms with Gasteiger partial charge < -0.3 is 5.11 Å². The van der Waals surface area contributed by atoms with Crippen molar-refractivity contribution in [1.82, 2.24) is 9.78 Å². The van der Waals surface area contributed by atoms with E-state index in [1.165, 1.54) is 16.8 Å². The van der Waals surface area contributed by atoms with E-state index in [1.807, 2.05) is 0 Å². The Morgan fingerprint density at radius 3 is 2.88 bits per heavy atom. The SMILES string of the molecule is OCC(F)=Cc1ccc(-n2cccn2)c(F)c1. The Morgan fingerprint density at radius 1 is 1.47 bits per heavy atom. The van der Waals surface area contributed by atoms with Crippen molar-refractivity contribution in [2.75, 3.05) is 6.61 Å². The normalized spacial score (nSPS) is 11.8. The van der Waals surface area contributed by atoms with Gasteiger partial charge in [0.15, 0.2) is 0 Å². The molecule has 2 rings (SSSR count). The summed E-state index contributed by atoms with van der Waals surface area (Å²) in [7, 11) is 0. The summed E-state index contributed by atoms with van der Waals surface area (Å²) >= 11 is 0. The molecule has 0 fully saturated rings. The highest BCUT2D eigenvalue weighted by atomic mass is 19.1.